The van der Waals surface area contributed by atoms with Gasteiger partial charge in [-0.15, -0.1) is 0 Å². The monoisotopic (exact) mass is 350 g/mol. The number of carbonyl (C=O) groups excluding carboxylic acids is 2. The van der Waals surface area contributed by atoms with Crippen LogP contribution in [0.25, 0.3) is 0 Å². The van der Waals surface area contributed by atoms with Crippen LogP contribution in [0.4, 0.5) is 0 Å². The molecule has 138 valence electrons. The van der Waals surface area contributed by atoms with Crippen molar-refractivity contribution >= 4 is 11.8 Å². The highest BCUT2D eigenvalue weighted by molar-refractivity contribution is 5.88. The van der Waals surface area contributed by atoms with Crippen molar-refractivity contribution in [2.75, 3.05) is 32.9 Å². The summed E-state index contributed by atoms with van der Waals surface area (Å²) in [6.45, 7) is 5.42. The predicted octanol–water partition coefficient (Wildman–Crippen LogP) is -0.218. The topological polar surface area (TPSA) is 106 Å². The van der Waals surface area contributed by atoms with E-state index in [2.05, 4.69) is 10.7 Å². The van der Waals surface area contributed by atoms with Crippen molar-refractivity contribution in [3.8, 4) is 5.75 Å². The van der Waals surface area contributed by atoms with Gasteiger partial charge >= 0.3 is 0 Å². The first kappa shape index (κ1) is 19.2. The normalized spacial score (nSPS) is 17.8. The van der Waals surface area contributed by atoms with Crippen molar-refractivity contribution in [1.82, 2.24) is 15.6 Å². The van der Waals surface area contributed by atoms with Crippen LogP contribution in [-0.4, -0.2) is 55.7 Å². The Balaban J connectivity index is 1.98. The second-order valence-corrected chi connectivity index (χ2v) is 5.74. The highest BCUT2D eigenvalue weighted by atomic mass is 16.5. The molecule has 0 radical (unpaired) electrons. The van der Waals surface area contributed by atoms with E-state index in [1.165, 1.54) is 0 Å². The Kier molecular flexibility index (Phi) is 7.65. The van der Waals surface area contributed by atoms with Gasteiger partial charge in [-0.3, -0.25) is 19.9 Å². The zero-order valence-corrected chi connectivity index (χ0v) is 14.5. The van der Waals surface area contributed by atoms with Crippen molar-refractivity contribution in [3.05, 3.63) is 29.8 Å². The second kappa shape index (κ2) is 9.97. The fourth-order valence-corrected chi connectivity index (χ4v) is 2.74. The number of hydrazine groups is 1. The number of nitrogens with two attached hydrogens (primary N) is 1. The first-order valence-electron chi connectivity index (χ1n) is 8.44. The Labute approximate surface area is 147 Å². The molecule has 0 spiro atoms. The summed E-state index contributed by atoms with van der Waals surface area (Å²) in [6, 6.07) is 7.19. The zero-order chi connectivity index (χ0) is 18.1. The first-order chi connectivity index (χ1) is 12.1. The Morgan fingerprint density at radius 2 is 2.28 bits per heavy atom. The molecule has 1 aliphatic rings. The van der Waals surface area contributed by atoms with Crippen molar-refractivity contribution in [2.45, 2.75) is 25.9 Å². The lowest BCUT2D eigenvalue weighted by Crippen LogP contribution is -2.56. The Hall–Kier alpha value is -2.16. The number of hydrogen-bond donors (Lipinski definition) is 3. The van der Waals surface area contributed by atoms with Gasteiger partial charge in [0.05, 0.1) is 19.1 Å². The van der Waals surface area contributed by atoms with Gasteiger partial charge in [-0.1, -0.05) is 12.1 Å². The van der Waals surface area contributed by atoms with Gasteiger partial charge in [-0.05, 0) is 24.6 Å². The summed E-state index contributed by atoms with van der Waals surface area (Å²) < 4.78 is 10.9. The molecule has 1 unspecified atom stereocenters. The van der Waals surface area contributed by atoms with Crippen LogP contribution in [0.1, 0.15) is 18.9 Å². The number of rotatable bonds is 9. The average Bonchev–Trinajstić information content (AvgIpc) is 2.62. The van der Waals surface area contributed by atoms with E-state index in [4.69, 9.17) is 15.3 Å². The summed E-state index contributed by atoms with van der Waals surface area (Å²) in [5.41, 5.74) is 3.10. The molecule has 1 aromatic carbocycles. The van der Waals surface area contributed by atoms with Crippen molar-refractivity contribution in [3.63, 3.8) is 0 Å². The van der Waals surface area contributed by atoms with E-state index >= 15 is 0 Å². The number of benzene rings is 1. The number of hydrogen-bond acceptors (Lipinski definition) is 6. The Morgan fingerprint density at radius 1 is 1.44 bits per heavy atom. The van der Waals surface area contributed by atoms with E-state index in [0.717, 1.165) is 11.3 Å². The Morgan fingerprint density at radius 3 is 3.04 bits per heavy atom. The summed E-state index contributed by atoms with van der Waals surface area (Å²) in [4.78, 5) is 25.7. The standard InChI is InChI=1S/C17H26N4O4/c1-2-24-8-9-25-14-5-3-4-13(10-14)12-21-7-6-19-17(23)15(21)11-16(22)20-18/h3-5,10,15H,2,6-9,11-12,18H2,1H3,(H,19,23)(H,20,22). The summed E-state index contributed by atoms with van der Waals surface area (Å²) >= 11 is 0. The van der Waals surface area contributed by atoms with E-state index in [0.29, 0.717) is 39.5 Å². The van der Waals surface area contributed by atoms with Crippen LogP contribution in [0, 0.1) is 0 Å². The molecule has 25 heavy (non-hydrogen) atoms. The maximum absolute atomic E-state index is 12.1. The molecule has 0 aromatic heterocycles. The van der Waals surface area contributed by atoms with E-state index < -0.39 is 6.04 Å². The molecule has 1 fully saturated rings. The minimum Gasteiger partial charge on any atom is -0.491 e. The minimum atomic E-state index is -0.528. The van der Waals surface area contributed by atoms with Crippen molar-refractivity contribution in [1.29, 1.82) is 0 Å². The highest BCUT2D eigenvalue weighted by Gasteiger charge is 2.31. The molecule has 1 aliphatic heterocycles. The third-order valence-electron chi connectivity index (χ3n) is 3.97. The zero-order valence-electron chi connectivity index (χ0n) is 14.5. The molecule has 0 saturated carbocycles. The predicted molar refractivity (Wildman–Crippen MR) is 92.6 cm³/mol. The maximum atomic E-state index is 12.1. The van der Waals surface area contributed by atoms with Gasteiger partial charge in [0.15, 0.2) is 0 Å². The number of nitrogens with one attached hydrogen (secondary N) is 2. The third kappa shape index (κ3) is 6.00. The second-order valence-electron chi connectivity index (χ2n) is 5.74. The van der Waals surface area contributed by atoms with Gasteiger partial charge < -0.3 is 14.8 Å². The lowest BCUT2D eigenvalue weighted by Gasteiger charge is -2.34. The fraction of sp³-hybridized carbons (Fsp3) is 0.529. The van der Waals surface area contributed by atoms with Crippen LogP contribution in [-0.2, 0) is 20.9 Å². The molecule has 0 aliphatic carbocycles. The van der Waals surface area contributed by atoms with Crippen LogP contribution >= 0.6 is 0 Å². The SMILES string of the molecule is CCOCCOc1cccc(CN2CCNC(=O)C2CC(=O)NN)c1. The summed E-state index contributed by atoms with van der Waals surface area (Å²) in [6.07, 6.45) is 0.0346. The van der Waals surface area contributed by atoms with E-state index in [-0.39, 0.29) is 18.2 Å². The Bertz CT molecular complexity index is 582. The van der Waals surface area contributed by atoms with Gasteiger partial charge in [-0.2, -0.15) is 0 Å². The molecule has 1 saturated heterocycles. The van der Waals surface area contributed by atoms with Crippen molar-refractivity contribution in [2.24, 2.45) is 5.84 Å². The van der Waals surface area contributed by atoms with Crippen LogP contribution < -0.4 is 21.3 Å². The highest BCUT2D eigenvalue weighted by Crippen LogP contribution is 2.18. The van der Waals surface area contributed by atoms with Crippen LogP contribution in [0.2, 0.25) is 0 Å². The van der Waals surface area contributed by atoms with Crippen LogP contribution in [0.5, 0.6) is 5.75 Å². The molecular weight excluding hydrogens is 324 g/mol. The molecule has 1 heterocycles. The molecule has 0 bridgehead atoms. The van der Waals surface area contributed by atoms with E-state index in [9.17, 15) is 9.59 Å². The number of nitrogens with zero attached hydrogens (tertiary/aromatic N) is 1. The van der Waals surface area contributed by atoms with Crippen LogP contribution in [0.3, 0.4) is 0 Å². The van der Waals surface area contributed by atoms with E-state index in [1.54, 1.807) is 0 Å². The van der Waals surface area contributed by atoms with Gasteiger partial charge in [-0.25, -0.2) is 5.84 Å². The van der Waals surface area contributed by atoms with Gasteiger partial charge in [0.1, 0.15) is 12.4 Å². The van der Waals surface area contributed by atoms with E-state index in [1.807, 2.05) is 36.1 Å². The molecule has 1 atom stereocenters. The molecule has 2 rings (SSSR count). The van der Waals surface area contributed by atoms with Crippen LogP contribution in [0.15, 0.2) is 24.3 Å². The third-order valence-corrected chi connectivity index (χ3v) is 3.97. The summed E-state index contributed by atoms with van der Waals surface area (Å²) in [5.74, 6) is 5.39. The van der Waals surface area contributed by atoms with Gasteiger partial charge in [0.25, 0.3) is 0 Å². The molecule has 8 heteroatoms. The fourth-order valence-electron chi connectivity index (χ4n) is 2.74. The lowest BCUT2D eigenvalue weighted by atomic mass is 10.1. The van der Waals surface area contributed by atoms with Gasteiger partial charge in [0.2, 0.25) is 11.8 Å². The largest absolute Gasteiger partial charge is 0.491 e. The lowest BCUT2D eigenvalue weighted by molar-refractivity contribution is -0.134. The smallest absolute Gasteiger partial charge is 0.237 e. The average molecular weight is 350 g/mol. The molecule has 2 amide bonds. The number of piperazine rings is 1. The number of ether oxygens (including phenoxy) is 2. The summed E-state index contributed by atoms with van der Waals surface area (Å²) in [7, 11) is 0. The quantitative estimate of drug-likeness (QED) is 0.246. The van der Waals surface area contributed by atoms with Crippen molar-refractivity contribution < 1.29 is 19.1 Å². The molecule has 1 aromatic rings. The molecule has 4 N–H and O–H groups in total. The van der Waals surface area contributed by atoms with Gasteiger partial charge in [0, 0.05) is 26.2 Å². The minimum absolute atomic E-state index is 0.0346. The number of amides is 2. The number of carbonyl (C=O) groups is 2. The first-order valence-corrected chi connectivity index (χ1v) is 8.44. The molecule has 8 nitrogen and oxygen atoms in total. The maximum Gasteiger partial charge on any atom is 0.237 e. The molecular formula is C17H26N4O4. The summed E-state index contributed by atoms with van der Waals surface area (Å²) in [5, 5.41) is 2.79.